The molecule has 8 nitrogen and oxygen atoms in total. The van der Waals surface area contributed by atoms with Gasteiger partial charge in [-0.05, 0) is 18.1 Å². The lowest BCUT2D eigenvalue weighted by Gasteiger charge is -2.19. The highest BCUT2D eigenvalue weighted by molar-refractivity contribution is 8.38. The molecule has 0 fully saturated rings. The van der Waals surface area contributed by atoms with Crippen LogP contribution in [0, 0.1) is 34.8 Å². The standard InChI is InChI=1S/C22H24Cl2N6O2S3/c1-3-8-28(16-18-6-7-20(23)25-14-18)10-5-12-33-22(27-30(31)32)34-13-11-29(9-4-2)17-19-15-26-21(24)35-19/h1-2,6-7,14-15H,5,8-13,16-17H2/b27-22+. The van der Waals surface area contributed by atoms with Gasteiger partial charge in [-0.2, -0.15) is 0 Å². The van der Waals surface area contributed by atoms with Crippen molar-refractivity contribution in [3.63, 3.8) is 0 Å². The summed E-state index contributed by atoms with van der Waals surface area (Å²) >= 11 is 15.9. The number of thiazole rings is 1. The first-order chi connectivity index (χ1) is 16.9. The number of terminal acetylenes is 2. The summed E-state index contributed by atoms with van der Waals surface area (Å²) in [4.78, 5) is 24.3. The molecule has 0 aliphatic carbocycles. The molecule has 0 radical (unpaired) electrons. The monoisotopic (exact) mass is 570 g/mol. The Morgan fingerprint density at radius 1 is 1.09 bits per heavy atom. The van der Waals surface area contributed by atoms with Gasteiger partial charge in [-0.15, -0.1) is 24.2 Å². The number of hydrogen-bond acceptors (Lipinski definition) is 9. The van der Waals surface area contributed by atoms with Crippen molar-refractivity contribution in [2.75, 3.05) is 37.7 Å². The number of hydrogen-bond donors (Lipinski definition) is 0. The number of rotatable bonds is 14. The van der Waals surface area contributed by atoms with Crippen LogP contribution in [-0.4, -0.2) is 66.9 Å². The SMILES string of the molecule is C#CCN(CCCS/C(=N\[N+](=O)[O-])SCCN(CC#C)Cc1cnc(Cl)s1)Cc1ccc(Cl)nc1. The van der Waals surface area contributed by atoms with Crippen LogP contribution in [0.2, 0.25) is 9.62 Å². The zero-order chi connectivity index (χ0) is 25.5. The fourth-order valence-electron chi connectivity index (χ4n) is 2.90. The van der Waals surface area contributed by atoms with Gasteiger partial charge in [0.25, 0.3) is 0 Å². The number of thioether (sulfide) groups is 2. The third-order valence-electron chi connectivity index (χ3n) is 4.37. The minimum absolute atomic E-state index is 0.418. The Bertz CT molecular complexity index is 1050. The van der Waals surface area contributed by atoms with Crippen LogP contribution < -0.4 is 0 Å². The van der Waals surface area contributed by atoms with Gasteiger partial charge in [0.15, 0.2) is 9.50 Å². The Labute approximate surface area is 228 Å². The van der Waals surface area contributed by atoms with Gasteiger partial charge in [0.1, 0.15) is 5.15 Å². The van der Waals surface area contributed by atoms with Crippen molar-refractivity contribution in [3.05, 3.63) is 54.7 Å². The van der Waals surface area contributed by atoms with Crippen molar-refractivity contribution in [2.45, 2.75) is 19.5 Å². The molecular formula is C22H24Cl2N6O2S3. The van der Waals surface area contributed by atoms with E-state index in [9.17, 15) is 10.1 Å². The summed E-state index contributed by atoms with van der Waals surface area (Å²) < 4.78 is 0.902. The molecule has 35 heavy (non-hydrogen) atoms. The molecule has 2 heterocycles. The number of nitro groups is 1. The van der Waals surface area contributed by atoms with Gasteiger partial charge in [0.05, 0.1) is 18.2 Å². The molecule has 2 aromatic heterocycles. The summed E-state index contributed by atoms with van der Waals surface area (Å²) in [5.74, 6) is 6.60. The largest absolute Gasteiger partial charge is 0.288 e. The number of aromatic nitrogens is 2. The van der Waals surface area contributed by atoms with E-state index in [1.54, 1.807) is 18.5 Å². The zero-order valence-electron chi connectivity index (χ0n) is 18.8. The van der Waals surface area contributed by atoms with Gasteiger partial charge in [-0.3, -0.25) is 9.80 Å². The van der Waals surface area contributed by atoms with E-state index < -0.39 is 5.03 Å². The Hall–Kier alpha value is -1.83. The van der Waals surface area contributed by atoms with E-state index in [0.717, 1.165) is 23.4 Å². The molecule has 0 unspecified atom stereocenters. The van der Waals surface area contributed by atoms with Gasteiger partial charge in [0, 0.05) is 55.0 Å². The van der Waals surface area contributed by atoms with Crippen molar-refractivity contribution >= 4 is 62.4 Å². The van der Waals surface area contributed by atoms with E-state index >= 15 is 0 Å². The Morgan fingerprint density at radius 2 is 1.80 bits per heavy atom. The molecule has 2 rings (SSSR count). The van der Waals surface area contributed by atoms with E-state index in [1.165, 1.54) is 34.9 Å². The molecule has 13 heteroatoms. The van der Waals surface area contributed by atoms with Gasteiger partial charge in [0.2, 0.25) is 4.38 Å². The fourth-order valence-corrected chi connectivity index (χ4v) is 6.08. The minimum atomic E-state index is -0.661. The van der Waals surface area contributed by atoms with E-state index in [4.69, 9.17) is 36.0 Å². The normalized spacial score (nSPS) is 11.5. The first-order valence-electron chi connectivity index (χ1n) is 10.4. The maximum atomic E-state index is 11.0. The summed E-state index contributed by atoms with van der Waals surface area (Å²) in [5.41, 5.74) is 1.01. The van der Waals surface area contributed by atoms with Gasteiger partial charge in [-0.1, -0.05) is 64.6 Å². The Kier molecular flexibility index (Phi) is 14.1. The summed E-state index contributed by atoms with van der Waals surface area (Å²) in [5, 5.41) is 14.3. The van der Waals surface area contributed by atoms with Crippen LogP contribution in [0.4, 0.5) is 0 Å². The molecule has 2 aromatic rings. The zero-order valence-corrected chi connectivity index (χ0v) is 22.8. The van der Waals surface area contributed by atoms with Crippen LogP contribution in [0.25, 0.3) is 0 Å². The number of halogens is 2. The third kappa shape index (κ3) is 12.6. The van der Waals surface area contributed by atoms with Crippen LogP contribution in [0.3, 0.4) is 0 Å². The van der Waals surface area contributed by atoms with Crippen LogP contribution >= 0.6 is 58.1 Å². The molecule has 0 bridgehead atoms. The van der Waals surface area contributed by atoms with E-state index in [-0.39, 0.29) is 0 Å². The molecular weight excluding hydrogens is 547 g/mol. The van der Waals surface area contributed by atoms with Crippen LogP contribution in [0.5, 0.6) is 0 Å². The molecule has 0 atom stereocenters. The second-order valence-electron chi connectivity index (χ2n) is 7.05. The first-order valence-corrected chi connectivity index (χ1v) is 13.9. The summed E-state index contributed by atoms with van der Waals surface area (Å²) in [6, 6.07) is 3.66. The van der Waals surface area contributed by atoms with Gasteiger partial charge < -0.3 is 0 Å². The second-order valence-corrected chi connectivity index (χ2v) is 11.6. The Balaban J connectivity index is 1.80. The molecule has 0 aliphatic heterocycles. The number of hydrazone groups is 1. The van der Waals surface area contributed by atoms with Crippen molar-refractivity contribution in [2.24, 2.45) is 5.10 Å². The smallest absolute Gasteiger partial charge is 0.203 e. The van der Waals surface area contributed by atoms with Crippen molar-refractivity contribution in [1.82, 2.24) is 19.8 Å². The number of nitrogens with zero attached hydrogens (tertiary/aromatic N) is 6. The van der Waals surface area contributed by atoms with E-state index in [0.29, 0.717) is 58.2 Å². The molecule has 0 aromatic carbocycles. The van der Waals surface area contributed by atoms with E-state index in [1.807, 2.05) is 6.07 Å². The van der Waals surface area contributed by atoms with Crippen LogP contribution in [0.1, 0.15) is 16.9 Å². The maximum Gasteiger partial charge on any atom is 0.203 e. The van der Waals surface area contributed by atoms with Crippen molar-refractivity contribution < 1.29 is 5.03 Å². The predicted molar refractivity (Wildman–Crippen MR) is 149 cm³/mol. The third-order valence-corrected chi connectivity index (χ3v) is 7.94. The van der Waals surface area contributed by atoms with Gasteiger partial charge >= 0.3 is 0 Å². The molecule has 0 saturated heterocycles. The van der Waals surface area contributed by atoms with E-state index in [2.05, 4.69) is 36.7 Å². The number of pyridine rings is 1. The molecule has 0 amide bonds. The Morgan fingerprint density at radius 3 is 2.40 bits per heavy atom. The molecule has 186 valence electrons. The minimum Gasteiger partial charge on any atom is -0.288 e. The fraction of sp³-hybridized carbons (Fsp3) is 0.409. The highest BCUT2D eigenvalue weighted by Gasteiger charge is 2.12. The predicted octanol–water partition coefficient (Wildman–Crippen LogP) is 4.82. The highest BCUT2D eigenvalue weighted by atomic mass is 35.5. The average Bonchev–Trinajstić information content (AvgIpc) is 3.22. The van der Waals surface area contributed by atoms with Gasteiger partial charge in [-0.25, -0.2) is 20.1 Å². The van der Waals surface area contributed by atoms with Crippen LogP contribution in [-0.2, 0) is 13.1 Å². The lowest BCUT2D eigenvalue weighted by molar-refractivity contribution is -0.484. The summed E-state index contributed by atoms with van der Waals surface area (Å²) in [6.45, 7) is 3.61. The topological polar surface area (TPSA) is 87.8 Å². The quantitative estimate of drug-likeness (QED) is 0.0607. The lowest BCUT2D eigenvalue weighted by atomic mass is 10.2. The summed E-state index contributed by atoms with van der Waals surface area (Å²) in [6.07, 6.45) is 15.2. The van der Waals surface area contributed by atoms with Crippen molar-refractivity contribution in [1.29, 1.82) is 0 Å². The first kappa shape index (κ1) is 29.4. The maximum absolute atomic E-state index is 11.0. The molecule has 0 aliphatic rings. The highest BCUT2D eigenvalue weighted by Crippen LogP contribution is 2.21. The van der Waals surface area contributed by atoms with Crippen molar-refractivity contribution in [3.8, 4) is 24.7 Å². The average molecular weight is 572 g/mol. The van der Waals surface area contributed by atoms with Crippen LogP contribution in [0.15, 0.2) is 29.6 Å². The molecule has 0 N–H and O–H groups in total. The molecule has 0 saturated carbocycles. The second kappa shape index (κ2) is 16.8. The molecule has 0 spiro atoms. The summed E-state index contributed by atoms with van der Waals surface area (Å²) in [7, 11) is 0. The lowest BCUT2D eigenvalue weighted by Crippen LogP contribution is -2.26.